The van der Waals surface area contributed by atoms with Crippen molar-refractivity contribution < 1.29 is 9.90 Å². The highest BCUT2D eigenvalue weighted by molar-refractivity contribution is 5.91. The van der Waals surface area contributed by atoms with Gasteiger partial charge in [0.25, 0.3) is 0 Å². The summed E-state index contributed by atoms with van der Waals surface area (Å²) in [6, 6.07) is 0. The Morgan fingerprint density at radius 2 is 2.09 bits per heavy atom. The van der Waals surface area contributed by atoms with Crippen molar-refractivity contribution in [1.29, 1.82) is 0 Å². The SMILES string of the molecule is C#CC(C)[C@]12CC[C@H]3[C@@H](CCC4=CC(=O)CC[C@@H]43)[C@@H]1C=C[C@@H]2O. The molecule has 7 atom stereocenters. The van der Waals surface area contributed by atoms with Crippen molar-refractivity contribution in [2.45, 2.75) is 51.6 Å². The van der Waals surface area contributed by atoms with Gasteiger partial charge in [0.15, 0.2) is 5.78 Å². The van der Waals surface area contributed by atoms with Crippen LogP contribution in [0.15, 0.2) is 23.8 Å². The van der Waals surface area contributed by atoms with E-state index >= 15 is 0 Å². The highest BCUT2D eigenvalue weighted by atomic mass is 16.3. The predicted molar refractivity (Wildman–Crippen MR) is 90.3 cm³/mol. The summed E-state index contributed by atoms with van der Waals surface area (Å²) in [4.78, 5) is 11.7. The number of carbonyl (C=O) groups excluding carboxylic acids is 1. The molecule has 2 nitrogen and oxygen atoms in total. The van der Waals surface area contributed by atoms with Gasteiger partial charge in [0.1, 0.15) is 0 Å². The molecule has 4 aliphatic rings. The van der Waals surface area contributed by atoms with Crippen LogP contribution < -0.4 is 0 Å². The van der Waals surface area contributed by atoms with E-state index in [1.165, 1.54) is 5.57 Å². The Labute approximate surface area is 139 Å². The Kier molecular flexibility index (Phi) is 3.54. The molecule has 0 spiro atoms. The second-order valence-electron chi connectivity index (χ2n) is 8.09. The van der Waals surface area contributed by atoms with E-state index < -0.39 is 6.10 Å². The van der Waals surface area contributed by atoms with Gasteiger partial charge in [0.2, 0.25) is 0 Å². The number of terminal acetylenes is 1. The largest absolute Gasteiger partial charge is 0.388 e. The maximum Gasteiger partial charge on any atom is 0.155 e. The molecular formula is C21H26O2. The zero-order chi connectivity index (χ0) is 16.2. The van der Waals surface area contributed by atoms with Crippen LogP contribution >= 0.6 is 0 Å². The van der Waals surface area contributed by atoms with Gasteiger partial charge in [-0.3, -0.25) is 4.79 Å². The Hall–Kier alpha value is -1.33. The van der Waals surface area contributed by atoms with E-state index in [1.54, 1.807) is 0 Å². The second-order valence-corrected chi connectivity index (χ2v) is 8.09. The second kappa shape index (κ2) is 5.35. The molecule has 2 heteroatoms. The van der Waals surface area contributed by atoms with Crippen molar-refractivity contribution in [1.82, 2.24) is 0 Å². The fourth-order valence-corrected chi connectivity index (χ4v) is 6.29. The summed E-state index contributed by atoms with van der Waals surface area (Å²) < 4.78 is 0. The van der Waals surface area contributed by atoms with Crippen molar-refractivity contribution in [3.8, 4) is 12.3 Å². The van der Waals surface area contributed by atoms with Crippen molar-refractivity contribution in [3.63, 3.8) is 0 Å². The molecule has 0 aromatic heterocycles. The smallest absolute Gasteiger partial charge is 0.155 e. The average Bonchev–Trinajstić information content (AvgIpc) is 2.91. The molecule has 122 valence electrons. The van der Waals surface area contributed by atoms with Gasteiger partial charge in [-0.25, -0.2) is 0 Å². The first kappa shape index (κ1) is 15.2. The summed E-state index contributed by atoms with van der Waals surface area (Å²) in [5.74, 6) is 5.63. The molecule has 0 saturated heterocycles. The minimum atomic E-state index is -0.399. The summed E-state index contributed by atoms with van der Waals surface area (Å²) in [6.07, 6.45) is 17.7. The minimum absolute atomic E-state index is 0.100. The molecule has 0 heterocycles. The molecule has 2 fully saturated rings. The molecule has 0 aliphatic heterocycles. The number of aliphatic hydroxyl groups is 1. The third kappa shape index (κ3) is 2.02. The molecule has 0 amide bonds. The predicted octanol–water partition coefficient (Wildman–Crippen LogP) is 3.51. The zero-order valence-corrected chi connectivity index (χ0v) is 13.9. The molecule has 4 aliphatic carbocycles. The highest BCUT2D eigenvalue weighted by Crippen LogP contribution is 2.62. The van der Waals surface area contributed by atoms with E-state index in [9.17, 15) is 9.90 Å². The summed E-state index contributed by atoms with van der Waals surface area (Å²) in [7, 11) is 0. The highest BCUT2D eigenvalue weighted by Gasteiger charge is 2.58. The zero-order valence-electron chi connectivity index (χ0n) is 13.9. The van der Waals surface area contributed by atoms with Gasteiger partial charge in [0, 0.05) is 17.8 Å². The lowest BCUT2D eigenvalue weighted by atomic mass is 9.49. The lowest BCUT2D eigenvalue weighted by Gasteiger charge is -2.55. The molecular weight excluding hydrogens is 284 g/mol. The van der Waals surface area contributed by atoms with Crippen LogP contribution in [0.25, 0.3) is 0 Å². The maximum atomic E-state index is 11.7. The number of carbonyl (C=O) groups is 1. The van der Waals surface area contributed by atoms with Gasteiger partial charge in [0.05, 0.1) is 6.10 Å². The van der Waals surface area contributed by atoms with Crippen LogP contribution in [-0.4, -0.2) is 17.0 Å². The monoisotopic (exact) mass is 310 g/mol. The van der Waals surface area contributed by atoms with Gasteiger partial charge in [-0.15, -0.1) is 12.3 Å². The molecule has 0 aromatic rings. The molecule has 0 bridgehead atoms. The fraction of sp³-hybridized carbons (Fsp3) is 0.667. The molecule has 0 aromatic carbocycles. The lowest BCUT2D eigenvalue weighted by molar-refractivity contribution is -0.116. The van der Waals surface area contributed by atoms with Gasteiger partial charge >= 0.3 is 0 Å². The molecule has 2 saturated carbocycles. The first-order valence-corrected chi connectivity index (χ1v) is 9.13. The normalized spacial score (nSPS) is 46.2. The van der Waals surface area contributed by atoms with Crippen LogP contribution in [0.3, 0.4) is 0 Å². The fourth-order valence-electron chi connectivity index (χ4n) is 6.29. The van der Waals surface area contributed by atoms with E-state index in [1.807, 2.05) is 12.2 Å². The van der Waals surface area contributed by atoms with Crippen LogP contribution in [0.5, 0.6) is 0 Å². The molecule has 1 unspecified atom stereocenters. The Morgan fingerprint density at radius 3 is 2.87 bits per heavy atom. The summed E-state index contributed by atoms with van der Waals surface area (Å²) >= 11 is 0. The Morgan fingerprint density at radius 1 is 1.26 bits per heavy atom. The number of rotatable bonds is 1. The summed E-state index contributed by atoms with van der Waals surface area (Å²) in [5.41, 5.74) is 1.25. The summed E-state index contributed by atoms with van der Waals surface area (Å²) in [6.45, 7) is 2.11. The van der Waals surface area contributed by atoms with Crippen LogP contribution in [-0.2, 0) is 4.79 Å². The van der Waals surface area contributed by atoms with Crippen molar-refractivity contribution in [2.24, 2.45) is 35.0 Å². The number of allylic oxidation sites excluding steroid dienone is 3. The minimum Gasteiger partial charge on any atom is -0.388 e. The first-order chi connectivity index (χ1) is 11.1. The number of ketones is 1. The third-order valence-electron chi connectivity index (χ3n) is 7.46. The third-order valence-corrected chi connectivity index (χ3v) is 7.46. The van der Waals surface area contributed by atoms with E-state index in [4.69, 9.17) is 6.42 Å². The number of aliphatic hydroxyl groups excluding tert-OH is 1. The Balaban J connectivity index is 1.67. The van der Waals surface area contributed by atoms with E-state index in [0.29, 0.717) is 35.9 Å². The molecule has 1 N–H and O–H groups in total. The standard InChI is InChI=1S/C21H26O2/c1-3-13(2)21-11-10-17-16-7-5-15(22)12-14(16)4-6-18(17)19(21)8-9-20(21)23/h1,8-9,12-13,16-20,23H,4-7,10-11H2,2H3/t13?,16-,17+,18+,19-,20-,21+/m0/s1. The average molecular weight is 310 g/mol. The van der Waals surface area contributed by atoms with Crippen LogP contribution in [0.2, 0.25) is 0 Å². The van der Waals surface area contributed by atoms with Crippen LogP contribution in [0.4, 0.5) is 0 Å². The number of hydrogen-bond acceptors (Lipinski definition) is 2. The van der Waals surface area contributed by atoms with Crippen molar-refractivity contribution >= 4 is 5.78 Å². The van der Waals surface area contributed by atoms with Crippen LogP contribution in [0.1, 0.15) is 45.4 Å². The van der Waals surface area contributed by atoms with Gasteiger partial charge in [-0.2, -0.15) is 0 Å². The molecule has 23 heavy (non-hydrogen) atoms. The topological polar surface area (TPSA) is 37.3 Å². The summed E-state index contributed by atoms with van der Waals surface area (Å²) in [5, 5.41) is 10.7. The molecule has 4 rings (SSSR count). The first-order valence-electron chi connectivity index (χ1n) is 9.13. The molecule has 0 radical (unpaired) electrons. The van der Waals surface area contributed by atoms with E-state index in [2.05, 4.69) is 18.9 Å². The van der Waals surface area contributed by atoms with Crippen molar-refractivity contribution in [2.75, 3.05) is 0 Å². The van der Waals surface area contributed by atoms with Gasteiger partial charge < -0.3 is 5.11 Å². The maximum absolute atomic E-state index is 11.7. The van der Waals surface area contributed by atoms with E-state index in [0.717, 1.165) is 32.1 Å². The quantitative estimate of drug-likeness (QED) is 0.594. The van der Waals surface area contributed by atoms with Crippen molar-refractivity contribution in [3.05, 3.63) is 23.8 Å². The lowest BCUT2D eigenvalue weighted by Crippen LogP contribution is -2.52. The van der Waals surface area contributed by atoms with E-state index in [-0.39, 0.29) is 11.3 Å². The number of hydrogen-bond donors (Lipinski definition) is 1. The number of fused-ring (bicyclic) bond motifs is 5. The Bertz CT molecular complexity index is 622. The van der Waals surface area contributed by atoms with Gasteiger partial charge in [-0.1, -0.05) is 24.6 Å². The van der Waals surface area contributed by atoms with Gasteiger partial charge in [-0.05, 0) is 61.9 Å². The van der Waals surface area contributed by atoms with Crippen LogP contribution in [0, 0.1) is 47.3 Å².